The van der Waals surface area contributed by atoms with Gasteiger partial charge in [0.2, 0.25) is 5.91 Å². The molecule has 2 N–H and O–H groups in total. The van der Waals surface area contributed by atoms with Crippen molar-refractivity contribution < 1.29 is 13.9 Å². The normalized spacial score (nSPS) is 14.2. The van der Waals surface area contributed by atoms with E-state index in [-0.39, 0.29) is 18.2 Å². The molecule has 1 aromatic carbocycles. The van der Waals surface area contributed by atoms with Crippen LogP contribution in [0.15, 0.2) is 18.2 Å². The number of hydrogen-bond acceptors (Lipinski definition) is 3. The SMILES string of the molecule is COc1ccc(NCC(=O)NC2CC2)cc1F. The Hall–Kier alpha value is -1.78. The zero-order valence-electron chi connectivity index (χ0n) is 9.63. The summed E-state index contributed by atoms with van der Waals surface area (Å²) in [5, 5.41) is 5.70. The number of hydrogen-bond donors (Lipinski definition) is 2. The van der Waals surface area contributed by atoms with Crippen LogP contribution in [0.2, 0.25) is 0 Å². The second-order valence-corrected chi connectivity index (χ2v) is 4.04. The van der Waals surface area contributed by atoms with E-state index in [9.17, 15) is 9.18 Å². The van der Waals surface area contributed by atoms with Gasteiger partial charge in [0.1, 0.15) is 0 Å². The number of benzene rings is 1. The lowest BCUT2D eigenvalue weighted by atomic mass is 10.3. The fourth-order valence-corrected chi connectivity index (χ4v) is 1.47. The number of nitrogens with one attached hydrogen (secondary N) is 2. The highest BCUT2D eigenvalue weighted by Crippen LogP contribution is 2.20. The zero-order chi connectivity index (χ0) is 12.3. The van der Waals surface area contributed by atoms with Crippen LogP contribution in [0.3, 0.4) is 0 Å². The van der Waals surface area contributed by atoms with Gasteiger partial charge in [0.05, 0.1) is 13.7 Å². The van der Waals surface area contributed by atoms with Crippen molar-refractivity contribution in [2.75, 3.05) is 19.0 Å². The molecule has 0 saturated heterocycles. The van der Waals surface area contributed by atoms with E-state index in [1.54, 1.807) is 6.07 Å². The van der Waals surface area contributed by atoms with Gasteiger partial charge in [-0.25, -0.2) is 4.39 Å². The van der Waals surface area contributed by atoms with Crippen molar-refractivity contribution in [3.8, 4) is 5.75 Å². The third kappa shape index (κ3) is 3.34. The van der Waals surface area contributed by atoms with E-state index in [1.807, 2.05) is 0 Å². The Morgan fingerprint density at radius 1 is 1.53 bits per heavy atom. The maximum Gasteiger partial charge on any atom is 0.239 e. The number of ether oxygens (including phenoxy) is 1. The highest BCUT2D eigenvalue weighted by molar-refractivity contribution is 5.81. The topological polar surface area (TPSA) is 50.4 Å². The largest absolute Gasteiger partial charge is 0.494 e. The van der Waals surface area contributed by atoms with Gasteiger partial charge in [-0.3, -0.25) is 4.79 Å². The van der Waals surface area contributed by atoms with Crippen LogP contribution >= 0.6 is 0 Å². The summed E-state index contributed by atoms with van der Waals surface area (Å²) in [6.07, 6.45) is 2.12. The lowest BCUT2D eigenvalue weighted by Crippen LogP contribution is -2.31. The second kappa shape index (κ2) is 5.03. The summed E-state index contributed by atoms with van der Waals surface area (Å²) in [4.78, 5) is 11.4. The van der Waals surface area contributed by atoms with Crippen molar-refractivity contribution in [2.45, 2.75) is 18.9 Å². The summed E-state index contributed by atoms with van der Waals surface area (Å²) in [6.45, 7) is 0.155. The molecule has 2 rings (SSSR count). The van der Waals surface area contributed by atoms with Crippen LogP contribution in [-0.4, -0.2) is 25.6 Å². The minimum Gasteiger partial charge on any atom is -0.494 e. The highest BCUT2D eigenvalue weighted by atomic mass is 19.1. The Kier molecular flexibility index (Phi) is 3.46. The molecule has 92 valence electrons. The standard InChI is InChI=1S/C12H15FN2O2/c1-17-11-5-4-9(6-10(11)13)14-7-12(16)15-8-2-3-8/h4-6,8,14H,2-3,7H2,1H3,(H,15,16). The first kappa shape index (κ1) is 11.7. The molecule has 0 spiro atoms. The van der Waals surface area contributed by atoms with Gasteiger partial charge in [-0.2, -0.15) is 0 Å². The third-order valence-corrected chi connectivity index (χ3v) is 2.55. The van der Waals surface area contributed by atoms with E-state index in [0.29, 0.717) is 11.7 Å². The van der Waals surface area contributed by atoms with Gasteiger partial charge >= 0.3 is 0 Å². The summed E-state index contributed by atoms with van der Waals surface area (Å²) in [6, 6.07) is 4.85. The van der Waals surface area contributed by atoms with E-state index in [2.05, 4.69) is 10.6 Å². The molecule has 1 amide bonds. The first-order valence-electron chi connectivity index (χ1n) is 5.56. The predicted octanol–water partition coefficient (Wildman–Crippen LogP) is 1.52. The summed E-state index contributed by atoms with van der Waals surface area (Å²) < 4.78 is 18.1. The van der Waals surface area contributed by atoms with E-state index in [0.717, 1.165) is 12.8 Å². The lowest BCUT2D eigenvalue weighted by molar-refractivity contribution is -0.119. The minimum atomic E-state index is -0.444. The molecule has 0 aromatic heterocycles. The molecular formula is C12H15FN2O2. The molecule has 5 heteroatoms. The average molecular weight is 238 g/mol. The summed E-state index contributed by atoms with van der Waals surface area (Å²) in [5.74, 6) is -0.318. The van der Waals surface area contributed by atoms with Gasteiger partial charge in [0, 0.05) is 17.8 Å². The van der Waals surface area contributed by atoms with Crippen LogP contribution in [-0.2, 0) is 4.79 Å². The number of carbonyl (C=O) groups excluding carboxylic acids is 1. The lowest BCUT2D eigenvalue weighted by Gasteiger charge is -2.08. The monoisotopic (exact) mass is 238 g/mol. The average Bonchev–Trinajstić information content (AvgIpc) is 3.10. The molecule has 0 heterocycles. The van der Waals surface area contributed by atoms with E-state index >= 15 is 0 Å². The maximum absolute atomic E-state index is 13.3. The number of rotatable bonds is 5. The van der Waals surface area contributed by atoms with Crippen molar-refractivity contribution in [3.05, 3.63) is 24.0 Å². The summed E-state index contributed by atoms with van der Waals surface area (Å²) in [7, 11) is 1.41. The molecule has 1 aliphatic carbocycles. The highest BCUT2D eigenvalue weighted by Gasteiger charge is 2.22. The number of anilines is 1. The molecule has 0 aliphatic heterocycles. The van der Waals surface area contributed by atoms with E-state index < -0.39 is 5.82 Å². The number of halogens is 1. The molecule has 1 aromatic rings. The molecule has 4 nitrogen and oxygen atoms in total. The Balaban J connectivity index is 1.85. The van der Waals surface area contributed by atoms with Crippen LogP contribution in [0.4, 0.5) is 10.1 Å². The number of carbonyl (C=O) groups is 1. The van der Waals surface area contributed by atoms with Crippen LogP contribution < -0.4 is 15.4 Å². The summed E-state index contributed by atoms with van der Waals surface area (Å²) in [5.41, 5.74) is 0.564. The number of amides is 1. The molecule has 1 saturated carbocycles. The van der Waals surface area contributed by atoms with Crippen molar-refractivity contribution in [1.29, 1.82) is 0 Å². The quantitative estimate of drug-likeness (QED) is 0.817. The van der Waals surface area contributed by atoms with Crippen LogP contribution in [0.1, 0.15) is 12.8 Å². The van der Waals surface area contributed by atoms with Gasteiger partial charge in [0.15, 0.2) is 11.6 Å². The van der Waals surface area contributed by atoms with Gasteiger partial charge in [0.25, 0.3) is 0 Å². The predicted molar refractivity (Wildman–Crippen MR) is 62.6 cm³/mol. The van der Waals surface area contributed by atoms with Crippen molar-refractivity contribution >= 4 is 11.6 Å². The van der Waals surface area contributed by atoms with Crippen molar-refractivity contribution in [3.63, 3.8) is 0 Å². The fourth-order valence-electron chi connectivity index (χ4n) is 1.47. The third-order valence-electron chi connectivity index (χ3n) is 2.55. The fraction of sp³-hybridized carbons (Fsp3) is 0.417. The van der Waals surface area contributed by atoms with Gasteiger partial charge in [-0.05, 0) is 25.0 Å². The van der Waals surface area contributed by atoms with E-state index in [1.165, 1.54) is 19.2 Å². The molecule has 0 unspecified atom stereocenters. The minimum absolute atomic E-state index is 0.0660. The molecule has 1 aliphatic rings. The molecular weight excluding hydrogens is 223 g/mol. The van der Waals surface area contributed by atoms with Gasteiger partial charge < -0.3 is 15.4 Å². The first-order chi connectivity index (χ1) is 8.19. The molecule has 0 atom stereocenters. The van der Waals surface area contributed by atoms with Gasteiger partial charge in [-0.15, -0.1) is 0 Å². The Morgan fingerprint density at radius 3 is 2.88 bits per heavy atom. The first-order valence-corrected chi connectivity index (χ1v) is 5.56. The Morgan fingerprint density at radius 2 is 2.29 bits per heavy atom. The van der Waals surface area contributed by atoms with Crippen molar-refractivity contribution in [2.24, 2.45) is 0 Å². The smallest absolute Gasteiger partial charge is 0.239 e. The van der Waals surface area contributed by atoms with Gasteiger partial charge in [-0.1, -0.05) is 0 Å². The maximum atomic E-state index is 13.3. The van der Waals surface area contributed by atoms with Crippen LogP contribution in [0.5, 0.6) is 5.75 Å². The van der Waals surface area contributed by atoms with E-state index in [4.69, 9.17) is 4.74 Å². The molecule has 0 radical (unpaired) electrons. The Labute approximate surface area is 99.2 Å². The van der Waals surface area contributed by atoms with Crippen LogP contribution in [0.25, 0.3) is 0 Å². The second-order valence-electron chi connectivity index (χ2n) is 4.04. The van der Waals surface area contributed by atoms with Crippen molar-refractivity contribution in [1.82, 2.24) is 5.32 Å². The molecule has 17 heavy (non-hydrogen) atoms. The van der Waals surface area contributed by atoms with Crippen LogP contribution in [0, 0.1) is 5.82 Å². The number of methoxy groups -OCH3 is 1. The Bertz CT molecular complexity index is 419. The zero-order valence-corrected chi connectivity index (χ0v) is 9.63. The molecule has 0 bridgehead atoms. The summed E-state index contributed by atoms with van der Waals surface area (Å²) >= 11 is 0. The molecule has 1 fully saturated rings.